The zero-order valence-electron chi connectivity index (χ0n) is 14.0. The summed E-state index contributed by atoms with van der Waals surface area (Å²) in [7, 11) is 0. The number of carbonyl (C=O) groups is 2. The maximum atomic E-state index is 13.1. The Hall–Kier alpha value is -1.91. The molecular weight excluding hydrogens is 307 g/mol. The van der Waals surface area contributed by atoms with E-state index in [4.69, 9.17) is 0 Å². The Kier molecular flexibility index (Phi) is 3.62. The number of hydrogen-bond donors (Lipinski definition) is 0. The van der Waals surface area contributed by atoms with Crippen LogP contribution in [0.4, 0.5) is 10.1 Å². The molecule has 4 nitrogen and oxygen atoms in total. The summed E-state index contributed by atoms with van der Waals surface area (Å²) in [6.45, 7) is 4.25. The van der Waals surface area contributed by atoms with Crippen molar-refractivity contribution in [1.82, 2.24) is 4.90 Å². The Labute approximate surface area is 141 Å². The van der Waals surface area contributed by atoms with Gasteiger partial charge in [0.1, 0.15) is 5.82 Å². The van der Waals surface area contributed by atoms with Gasteiger partial charge in [0.2, 0.25) is 11.8 Å². The molecule has 5 heteroatoms. The first-order valence-corrected chi connectivity index (χ1v) is 8.80. The lowest BCUT2D eigenvalue weighted by Gasteiger charge is -2.35. The number of amides is 2. The summed E-state index contributed by atoms with van der Waals surface area (Å²) in [6, 6.07) is 6.07. The van der Waals surface area contributed by atoms with Crippen LogP contribution in [0.15, 0.2) is 24.3 Å². The van der Waals surface area contributed by atoms with Crippen molar-refractivity contribution < 1.29 is 14.0 Å². The lowest BCUT2D eigenvalue weighted by molar-refractivity contribution is -0.139. The van der Waals surface area contributed by atoms with E-state index in [9.17, 15) is 14.0 Å². The number of anilines is 1. The van der Waals surface area contributed by atoms with E-state index >= 15 is 0 Å². The van der Waals surface area contributed by atoms with Gasteiger partial charge >= 0.3 is 0 Å². The van der Waals surface area contributed by atoms with Crippen molar-refractivity contribution in [1.29, 1.82) is 0 Å². The topological polar surface area (TPSA) is 40.6 Å². The lowest BCUT2D eigenvalue weighted by Crippen LogP contribution is -2.41. The van der Waals surface area contributed by atoms with Crippen molar-refractivity contribution in [2.45, 2.75) is 32.6 Å². The maximum absolute atomic E-state index is 13.1. The number of likely N-dealkylation sites (tertiary alicyclic amines) is 1. The maximum Gasteiger partial charge on any atom is 0.227 e. The average molecular weight is 330 g/mol. The molecule has 0 N–H and O–H groups in total. The quantitative estimate of drug-likeness (QED) is 0.837. The second kappa shape index (κ2) is 5.57. The Bertz CT molecular complexity index is 668. The first-order chi connectivity index (χ1) is 11.5. The van der Waals surface area contributed by atoms with Crippen molar-refractivity contribution in [2.24, 2.45) is 17.3 Å². The Morgan fingerprint density at radius 2 is 1.92 bits per heavy atom. The molecule has 1 spiro atoms. The number of halogens is 1. The minimum absolute atomic E-state index is 0.0770. The predicted molar refractivity (Wildman–Crippen MR) is 88.9 cm³/mol. The Morgan fingerprint density at radius 1 is 1.21 bits per heavy atom. The molecule has 0 radical (unpaired) electrons. The van der Waals surface area contributed by atoms with Crippen LogP contribution < -0.4 is 4.90 Å². The molecule has 2 aliphatic heterocycles. The van der Waals surface area contributed by atoms with Gasteiger partial charge in [-0.3, -0.25) is 9.59 Å². The van der Waals surface area contributed by atoms with Gasteiger partial charge in [-0.05, 0) is 49.4 Å². The van der Waals surface area contributed by atoms with Gasteiger partial charge in [0.15, 0.2) is 0 Å². The summed E-state index contributed by atoms with van der Waals surface area (Å²) < 4.78 is 13.1. The number of carbonyl (C=O) groups excluding carboxylic acids is 2. The Morgan fingerprint density at radius 3 is 2.58 bits per heavy atom. The van der Waals surface area contributed by atoms with Crippen LogP contribution in [0.2, 0.25) is 0 Å². The van der Waals surface area contributed by atoms with Crippen molar-refractivity contribution in [3.8, 4) is 0 Å². The summed E-state index contributed by atoms with van der Waals surface area (Å²) in [5.74, 6) is 0.913. The molecule has 3 fully saturated rings. The second-order valence-electron chi connectivity index (χ2n) is 7.92. The van der Waals surface area contributed by atoms with E-state index in [0.717, 1.165) is 31.5 Å². The van der Waals surface area contributed by atoms with Crippen LogP contribution in [0.5, 0.6) is 0 Å². The highest BCUT2D eigenvalue weighted by molar-refractivity contribution is 5.96. The molecule has 1 atom stereocenters. The first-order valence-electron chi connectivity index (χ1n) is 8.80. The van der Waals surface area contributed by atoms with Crippen LogP contribution in [-0.4, -0.2) is 36.3 Å². The minimum Gasteiger partial charge on any atom is -0.342 e. The van der Waals surface area contributed by atoms with Gasteiger partial charge in [-0.15, -0.1) is 0 Å². The molecule has 1 aromatic rings. The summed E-state index contributed by atoms with van der Waals surface area (Å²) in [6.07, 6.45) is 3.37. The van der Waals surface area contributed by atoms with E-state index in [1.165, 1.54) is 12.1 Å². The molecule has 4 rings (SSSR count). The van der Waals surface area contributed by atoms with Crippen LogP contribution in [0.1, 0.15) is 32.6 Å². The lowest BCUT2D eigenvalue weighted by atomic mass is 9.75. The van der Waals surface area contributed by atoms with Gasteiger partial charge in [0.25, 0.3) is 0 Å². The molecule has 128 valence electrons. The fourth-order valence-electron chi connectivity index (χ4n) is 4.51. The van der Waals surface area contributed by atoms with E-state index in [2.05, 4.69) is 6.92 Å². The zero-order chi connectivity index (χ0) is 16.9. The van der Waals surface area contributed by atoms with Gasteiger partial charge < -0.3 is 9.80 Å². The highest BCUT2D eigenvalue weighted by Gasteiger charge is 2.50. The minimum atomic E-state index is -0.299. The number of nitrogens with zero attached hydrogens (tertiary/aromatic N) is 2. The molecule has 2 saturated heterocycles. The third-order valence-electron chi connectivity index (χ3n) is 5.93. The van der Waals surface area contributed by atoms with Crippen molar-refractivity contribution in [2.75, 3.05) is 24.5 Å². The molecule has 0 aromatic heterocycles. The van der Waals surface area contributed by atoms with Crippen LogP contribution in [0, 0.1) is 23.1 Å². The highest BCUT2D eigenvalue weighted by atomic mass is 19.1. The molecule has 1 unspecified atom stereocenters. The van der Waals surface area contributed by atoms with E-state index in [1.54, 1.807) is 17.0 Å². The monoisotopic (exact) mass is 330 g/mol. The standard InChI is InChI=1S/C19H23FN2O2/c1-13-8-14(9-13)18(24)21-7-6-19(11-21)10-17(23)22(12-19)16-4-2-15(20)3-5-16/h2-5,13-14H,6-12H2,1H3. The molecule has 0 bridgehead atoms. The van der Waals surface area contributed by atoms with Gasteiger partial charge in [0.05, 0.1) is 0 Å². The second-order valence-corrected chi connectivity index (χ2v) is 7.92. The third-order valence-corrected chi connectivity index (χ3v) is 5.93. The third kappa shape index (κ3) is 2.60. The average Bonchev–Trinajstić information content (AvgIpc) is 3.08. The normalized spacial score (nSPS) is 32.5. The Balaban J connectivity index is 1.44. The summed E-state index contributed by atoms with van der Waals surface area (Å²) in [5.41, 5.74) is 0.618. The zero-order valence-corrected chi connectivity index (χ0v) is 14.0. The van der Waals surface area contributed by atoms with Crippen LogP contribution in [-0.2, 0) is 9.59 Å². The highest BCUT2D eigenvalue weighted by Crippen LogP contribution is 2.43. The summed E-state index contributed by atoms with van der Waals surface area (Å²) >= 11 is 0. The molecular formula is C19H23FN2O2. The summed E-state index contributed by atoms with van der Waals surface area (Å²) in [5, 5.41) is 0. The van der Waals surface area contributed by atoms with Gasteiger partial charge in [0, 0.05) is 43.1 Å². The fourth-order valence-corrected chi connectivity index (χ4v) is 4.51. The summed E-state index contributed by atoms with van der Waals surface area (Å²) in [4.78, 5) is 28.8. The van der Waals surface area contributed by atoms with Crippen LogP contribution in [0.3, 0.4) is 0 Å². The largest absolute Gasteiger partial charge is 0.342 e. The van der Waals surface area contributed by atoms with E-state index < -0.39 is 0 Å². The van der Waals surface area contributed by atoms with Gasteiger partial charge in [-0.2, -0.15) is 0 Å². The molecule has 1 aromatic carbocycles. The number of benzene rings is 1. The van der Waals surface area contributed by atoms with E-state index in [0.29, 0.717) is 25.4 Å². The van der Waals surface area contributed by atoms with Gasteiger partial charge in [-0.25, -0.2) is 4.39 Å². The van der Waals surface area contributed by atoms with Crippen molar-refractivity contribution in [3.63, 3.8) is 0 Å². The van der Waals surface area contributed by atoms with Gasteiger partial charge in [-0.1, -0.05) is 6.92 Å². The number of hydrogen-bond acceptors (Lipinski definition) is 2. The first kappa shape index (κ1) is 15.6. The van der Waals surface area contributed by atoms with Crippen molar-refractivity contribution >= 4 is 17.5 Å². The molecule has 3 aliphatic rings. The molecule has 2 heterocycles. The SMILES string of the molecule is CC1CC(C(=O)N2CCC3(CC(=O)N(c4ccc(F)cc4)C3)C2)C1. The fraction of sp³-hybridized carbons (Fsp3) is 0.579. The molecule has 1 saturated carbocycles. The van der Waals surface area contributed by atoms with Crippen LogP contribution in [0.25, 0.3) is 0 Å². The van der Waals surface area contributed by atoms with E-state index in [-0.39, 0.29) is 29.0 Å². The van der Waals surface area contributed by atoms with Crippen LogP contribution >= 0.6 is 0 Å². The molecule has 24 heavy (non-hydrogen) atoms. The van der Waals surface area contributed by atoms with Crippen molar-refractivity contribution in [3.05, 3.63) is 30.1 Å². The molecule has 2 amide bonds. The molecule has 1 aliphatic carbocycles. The smallest absolute Gasteiger partial charge is 0.227 e. The predicted octanol–water partition coefficient (Wildman–Crippen LogP) is 2.83. The van der Waals surface area contributed by atoms with E-state index in [1.807, 2.05) is 4.90 Å². The number of rotatable bonds is 2.